The van der Waals surface area contributed by atoms with Gasteiger partial charge in [-0.15, -0.1) is 0 Å². The second-order valence-electron chi connectivity index (χ2n) is 5.46. The molecule has 0 saturated heterocycles. The first kappa shape index (κ1) is 17.5. The minimum atomic E-state index is -0.473. The molecule has 1 aromatic heterocycles. The Hall–Kier alpha value is -2.30. The average Bonchev–Trinajstić information content (AvgIpc) is 2.58. The average molecular weight is 376 g/mol. The topological polar surface area (TPSA) is 48.3 Å². The third kappa shape index (κ3) is 3.70. The standard InChI is InChI=1S/C19H15Cl2NO3/c1-2-25-18(23)11-22-17-10-15(21)8-5-13(17)9-16(19(22)24)12-3-6-14(20)7-4-12/h3-10H,2,11H2,1H3. The van der Waals surface area contributed by atoms with Gasteiger partial charge in [0.15, 0.2) is 0 Å². The zero-order valence-electron chi connectivity index (χ0n) is 13.5. The number of carbonyl (C=O) groups is 1. The zero-order chi connectivity index (χ0) is 18.0. The highest BCUT2D eigenvalue weighted by Crippen LogP contribution is 2.24. The van der Waals surface area contributed by atoms with Gasteiger partial charge in [0.05, 0.1) is 12.1 Å². The molecular formula is C19H15Cl2NO3. The second-order valence-corrected chi connectivity index (χ2v) is 6.34. The van der Waals surface area contributed by atoms with Gasteiger partial charge in [0.1, 0.15) is 6.54 Å². The van der Waals surface area contributed by atoms with Crippen molar-refractivity contribution >= 4 is 40.1 Å². The highest BCUT2D eigenvalue weighted by atomic mass is 35.5. The predicted molar refractivity (Wildman–Crippen MR) is 100 cm³/mol. The molecule has 3 aromatic rings. The summed E-state index contributed by atoms with van der Waals surface area (Å²) in [5, 5.41) is 1.88. The number of hydrogen-bond donors (Lipinski definition) is 0. The van der Waals surface area contributed by atoms with Gasteiger partial charge in [-0.05, 0) is 48.2 Å². The summed E-state index contributed by atoms with van der Waals surface area (Å²) in [4.78, 5) is 25.0. The molecule has 0 saturated carbocycles. The molecule has 0 fully saturated rings. The lowest BCUT2D eigenvalue weighted by Crippen LogP contribution is -2.27. The van der Waals surface area contributed by atoms with Gasteiger partial charge < -0.3 is 4.74 Å². The lowest BCUT2D eigenvalue weighted by atomic mass is 10.0. The van der Waals surface area contributed by atoms with Crippen molar-refractivity contribution in [1.29, 1.82) is 0 Å². The van der Waals surface area contributed by atoms with Crippen molar-refractivity contribution in [2.24, 2.45) is 0 Å². The number of esters is 1. The third-order valence-corrected chi connectivity index (χ3v) is 4.29. The summed E-state index contributed by atoms with van der Waals surface area (Å²) in [7, 11) is 0. The molecular weight excluding hydrogens is 361 g/mol. The van der Waals surface area contributed by atoms with Crippen molar-refractivity contribution < 1.29 is 9.53 Å². The number of carbonyl (C=O) groups excluding carboxylic acids is 1. The molecule has 0 radical (unpaired) electrons. The van der Waals surface area contributed by atoms with E-state index in [1.54, 1.807) is 49.4 Å². The molecule has 1 heterocycles. The number of rotatable bonds is 4. The number of nitrogens with zero attached hydrogens (tertiary/aromatic N) is 1. The summed E-state index contributed by atoms with van der Waals surface area (Å²) in [6.07, 6.45) is 0. The number of aromatic nitrogens is 1. The van der Waals surface area contributed by atoms with Gasteiger partial charge in [-0.25, -0.2) is 0 Å². The Kier molecular flexibility index (Phi) is 5.11. The Morgan fingerprint density at radius 3 is 2.40 bits per heavy atom. The van der Waals surface area contributed by atoms with Gasteiger partial charge in [-0.2, -0.15) is 0 Å². The summed E-state index contributed by atoms with van der Waals surface area (Å²) in [6, 6.07) is 14.0. The monoisotopic (exact) mass is 375 g/mol. The van der Waals surface area contributed by atoms with Crippen LogP contribution in [0.3, 0.4) is 0 Å². The normalized spacial score (nSPS) is 10.8. The molecule has 0 amide bonds. The minimum absolute atomic E-state index is 0.176. The van der Waals surface area contributed by atoms with E-state index in [1.165, 1.54) is 4.57 Å². The van der Waals surface area contributed by atoms with E-state index in [0.29, 0.717) is 21.1 Å². The lowest BCUT2D eigenvalue weighted by Gasteiger charge is -2.13. The van der Waals surface area contributed by atoms with Crippen LogP contribution in [0.25, 0.3) is 22.0 Å². The van der Waals surface area contributed by atoms with Crippen LogP contribution in [0.15, 0.2) is 53.3 Å². The van der Waals surface area contributed by atoms with Gasteiger partial charge in [0, 0.05) is 15.6 Å². The minimum Gasteiger partial charge on any atom is -0.465 e. The molecule has 0 spiro atoms. The van der Waals surface area contributed by atoms with E-state index in [2.05, 4.69) is 0 Å². The Morgan fingerprint density at radius 2 is 1.72 bits per heavy atom. The largest absolute Gasteiger partial charge is 0.465 e. The van der Waals surface area contributed by atoms with Gasteiger partial charge in [0.25, 0.3) is 5.56 Å². The second kappa shape index (κ2) is 7.30. The molecule has 0 aliphatic carbocycles. The van der Waals surface area contributed by atoms with Crippen LogP contribution in [0.5, 0.6) is 0 Å². The van der Waals surface area contributed by atoms with Crippen molar-refractivity contribution in [1.82, 2.24) is 4.57 Å². The Labute approximate surface area is 154 Å². The van der Waals surface area contributed by atoms with Gasteiger partial charge in [-0.1, -0.05) is 41.4 Å². The maximum atomic E-state index is 13.0. The molecule has 2 aromatic carbocycles. The maximum absolute atomic E-state index is 13.0. The quantitative estimate of drug-likeness (QED) is 0.629. The molecule has 25 heavy (non-hydrogen) atoms. The number of halogens is 2. The van der Waals surface area contributed by atoms with Crippen LogP contribution >= 0.6 is 23.2 Å². The summed E-state index contributed by atoms with van der Waals surface area (Å²) in [6.45, 7) is 1.80. The molecule has 4 nitrogen and oxygen atoms in total. The summed E-state index contributed by atoms with van der Waals surface area (Å²) >= 11 is 12.0. The number of benzene rings is 2. The predicted octanol–water partition coefficient (Wildman–Crippen LogP) is 4.54. The smallest absolute Gasteiger partial charge is 0.326 e. The van der Waals surface area contributed by atoms with Crippen LogP contribution in [-0.4, -0.2) is 17.1 Å². The fraction of sp³-hybridized carbons (Fsp3) is 0.158. The first-order valence-corrected chi connectivity index (χ1v) is 8.50. The van der Waals surface area contributed by atoms with Crippen molar-refractivity contribution in [3.8, 4) is 11.1 Å². The molecule has 128 valence electrons. The van der Waals surface area contributed by atoms with Crippen molar-refractivity contribution in [3.63, 3.8) is 0 Å². The van der Waals surface area contributed by atoms with Crippen molar-refractivity contribution in [3.05, 3.63) is 68.9 Å². The van der Waals surface area contributed by atoms with E-state index in [1.807, 2.05) is 6.07 Å². The van der Waals surface area contributed by atoms with Crippen molar-refractivity contribution in [2.75, 3.05) is 6.61 Å². The van der Waals surface area contributed by atoms with E-state index in [0.717, 1.165) is 10.9 Å². The van der Waals surface area contributed by atoms with Crippen LogP contribution in [0.4, 0.5) is 0 Å². The summed E-state index contributed by atoms with van der Waals surface area (Å²) in [5.74, 6) is -0.473. The zero-order valence-corrected chi connectivity index (χ0v) is 15.0. The van der Waals surface area contributed by atoms with Crippen LogP contribution in [0, 0.1) is 0 Å². The van der Waals surface area contributed by atoms with E-state index in [-0.39, 0.29) is 18.7 Å². The van der Waals surface area contributed by atoms with Crippen LogP contribution in [0.1, 0.15) is 6.92 Å². The van der Waals surface area contributed by atoms with Gasteiger partial charge in [-0.3, -0.25) is 14.2 Å². The number of fused-ring (bicyclic) bond motifs is 1. The molecule has 0 bridgehead atoms. The van der Waals surface area contributed by atoms with E-state index in [9.17, 15) is 9.59 Å². The first-order chi connectivity index (χ1) is 12.0. The fourth-order valence-corrected chi connectivity index (χ4v) is 2.97. The maximum Gasteiger partial charge on any atom is 0.326 e. The molecule has 3 rings (SSSR count). The van der Waals surface area contributed by atoms with Gasteiger partial charge >= 0.3 is 5.97 Å². The molecule has 6 heteroatoms. The van der Waals surface area contributed by atoms with Crippen molar-refractivity contribution in [2.45, 2.75) is 13.5 Å². The molecule has 0 aliphatic heterocycles. The van der Waals surface area contributed by atoms with Crippen LogP contribution in [-0.2, 0) is 16.1 Å². The third-order valence-electron chi connectivity index (χ3n) is 3.81. The highest BCUT2D eigenvalue weighted by molar-refractivity contribution is 6.31. The highest BCUT2D eigenvalue weighted by Gasteiger charge is 2.14. The molecule has 0 atom stereocenters. The number of ether oxygens (including phenoxy) is 1. The van der Waals surface area contributed by atoms with Gasteiger partial charge in [0.2, 0.25) is 0 Å². The SMILES string of the molecule is CCOC(=O)Cn1c(=O)c(-c2ccc(Cl)cc2)cc2ccc(Cl)cc21. The Morgan fingerprint density at radius 1 is 1.04 bits per heavy atom. The van der Waals surface area contributed by atoms with Crippen LogP contribution in [0.2, 0.25) is 10.0 Å². The summed E-state index contributed by atoms with van der Waals surface area (Å²) in [5.41, 5.74) is 1.51. The Balaban J connectivity index is 2.24. The van der Waals surface area contributed by atoms with E-state index >= 15 is 0 Å². The van der Waals surface area contributed by atoms with E-state index in [4.69, 9.17) is 27.9 Å². The number of hydrogen-bond acceptors (Lipinski definition) is 3. The van der Waals surface area contributed by atoms with Crippen LogP contribution < -0.4 is 5.56 Å². The molecule has 0 unspecified atom stereocenters. The fourth-order valence-electron chi connectivity index (χ4n) is 2.67. The van der Waals surface area contributed by atoms with E-state index < -0.39 is 5.97 Å². The molecule has 0 aliphatic rings. The first-order valence-electron chi connectivity index (χ1n) is 7.74. The lowest BCUT2D eigenvalue weighted by molar-refractivity contribution is -0.143. The Bertz CT molecular complexity index is 994. The summed E-state index contributed by atoms with van der Waals surface area (Å²) < 4.78 is 6.38. The number of pyridine rings is 1. The molecule has 0 N–H and O–H groups in total.